The molecule has 2 rings (SSSR count). The summed E-state index contributed by atoms with van der Waals surface area (Å²) in [6, 6.07) is 5.76. The zero-order valence-corrected chi connectivity index (χ0v) is 11.6. The third kappa shape index (κ3) is 2.71. The van der Waals surface area contributed by atoms with Crippen LogP contribution in [0.1, 0.15) is 11.4 Å². The molecule has 0 aliphatic heterocycles. The molecule has 1 heterocycles. The molecule has 2 aromatic rings. The van der Waals surface area contributed by atoms with Gasteiger partial charge in [0.1, 0.15) is 11.5 Å². The Morgan fingerprint density at radius 3 is 2.21 bits per heavy atom. The number of hydrogen-bond acceptors (Lipinski definition) is 4. The molecule has 0 amide bonds. The molecule has 0 fully saturated rings. The highest BCUT2D eigenvalue weighted by atomic mass is 16.5. The van der Waals surface area contributed by atoms with E-state index in [0.717, 1.165) is 34.0 Å². The Morgan fingerprint density at radius 2 is 1.68 bits per heavy atom. The van der Waals surface area contributed by atoms with E-state index in [0.29, 0.717) is 6.61 Å². The highest BCUT2D eigenvalue weighted by Gasteiger charge is 2.14. The number of H-pyrrole nitrogens is 1. The quantitative estimate of drug-likeness (QED) is 0.899. The molecule has 5 nitrogen and oxygen atoms in total. The fourth-order valence-corrected chi connectivity index (χ4v) is 2.06. The van der Waals surface area contributed by atoms with E-state index in [1.54, 1.807) is 21.3 Å². The van der Waals surface area contributed by atoms with Crippen molar-refractivity contribution < 1.29 is 14.2 Å². The SMILES string of the molecule is COCc1n[nH]c(C)c1-c1cc(OC)cc(OC)c1. The van der Waals surface area contributed by atoms with Crippen molar-refractivity contribution in [2.75, 3.05) is 21.3 Å². The van der Waals surface area contributed by atoms with Crippen LogP contribution in [-0.4, -0.2) is 31.5 Å². The van der Waals surface area contributed by atoms with E-state index in [4.69, 9.17) is 14.2 Å². The number of aryl methyl sites for hydroxylation is 1. The Kier molecular flexibility index (Phi) is 4.06. The normalized spacial score (nSPS) is 10.5. The molecule has 19 heavy (non-hydrogen) atoms. The van der Waals surface area contributed by atoms with Crippen molar-refractivity contribution in [1.82, 2.24) is 10.2 Å². The fourth-order valence-electron chi connectivity index (χ4n) is 2.06. The second-order valence-corrected chi connectivity index (χ2v) is 4.20. The number of hydrogen-bond donors (Lipinski definition) is 1. The minimum atomic E-state index is 0.458. The van der Waals surface area contributed by atoms with Crippen LogP contribution < -0.4 is 9.47 Å². The summed E-state index contributed by atoms with van der Waals surface area (Å²) < 4.78 is 15.8. The van der Waals surface area contributed by atoms with Crippen LogP contribution in [0, 0.1) is 6.92 Å². The van der Waals surface area contributed by atoms with E-state index in [2.05, 4.69) is 10.2 Å². The van der Waals surface area contributed by atoms with Crippen molar-refractivity contribution in [3.05, 3.63) is 29.6 Å². The molecule has 1 N–H and O–H groups in total. The average Bonchev–Trinajstić information content (AvgIpc) is 2.79. The first-order valence-electron chi connectivity index (χ1n) is 5.95. The molecule has 0 aliphatic carbocycles. The van der Waals surface area contributed by atoms with Gasteiger partial charge in [0, 0.05) is 24.4 Å². The molecule has 0 atom stereocenters. The third-order valence-electron chi connectivity index (χ3n) is 2.94. The van der Waals surface area contributed by atoms with Crippen molar-refractivity contribution in [2.24, 2.45) is 0 Å². The van der Waals surface area contributed by atoms with Gasteiger partial charge in [-0.25, -0.2) is 0 Å². The van der Waals surface area contributed by atoms with Gasteiger partial charge in [-0.1, -0.05) is 0 Å². The van der Waals surface area contributed by atoms with Gasteiger partial charge >= 0.3 is 0 Å². The van der Waals surface area contributed by atoms with E-state index >= 15 is 0 Å². The Morgan fingerprint density at radius 1 is 1.05 bits per heavy atom. The summed E-state index contributed by atoms with van der Waals surface area (Å²) in [7, 11) is 4.92. The molecular weight excluding hydrogens is 244 g/mol. The van der Waals surface area contributed by atoms with Crippen LogP contribution in [0.5, 0.6) is 11.5 Å². The maximum Gasteiger partial charge on any atom is 0.123 e. The number of methoxy groups -OCH3 is 3. The topological polar surface area (TPSA) is 56.4 Å². The molecule has 0 unspecified atom stereocenters. The molecular formula is C14H18N2O3. The van der Waals surface area contributed by atoms with E-state index < -0.39 is 0 Å². The maximum atomic E-state index is 5.29. The molecule has 0 aliphatic rings. The van der Waals surface area contributed by atoms with Gasteiger partial charge in [0.25, 0.3) is 0 Å². The van der Waals surface area contributed by atoms with Gasteiger partial charge in [0.05, 0.1) is 26.5 Å². The summed E-state index contributed by atoms with van der Waals surface area (Å²) in [6.07, 6.45) is 0. The average molecular weight is 262 g/mol. The lowest BCUT2D eigenvalue weighted by Gasteiger charge is -2.09. The smallest absolute Gasteiger partial charge is 0.123 e. The molecule has 0 spiro atoms. The van der Waals surface area contributed by atoms with E-state index in [1.165, 1.54) is 0 Å². The summed E-state index contributed by atoms with van der Waals surface area (Å²) in [5.74, 6) is 1.50. The van der Waals surface area contributed by atoms with E-state index in [-0.39, 0.29) is 0 Å². The van der Waals surface area contributed by atoms with Gasteiger partial charge < -0.3 is 14.2 Å². The van der Waals surface area contributed by atoms with Crippen LogP contribution in [0.2, 0.25) is 0 Å². The van der Waals surface area contributed by atoms with Gasteiger partial charge in [0.2, 0.25) is 0 Å². The molecule has 0 bridgehead atoms. The maximum absolute atomic E-state index is 5.29. The zero-order valence-electron chi connectivity index (χ0n) is 11.6. The van der Waals surface area contributed by atoms with Gasteiger partial charge in [-0.2, -0.15) is 5.10 Å². The zero-order chi connectivity index (χ0) is 13.8. The molecule has 0 radical (unpaired) electrons. The summed E-state index contributed by atoms with van der Waals surface area (Å²) in [4.78, 5) is 0. The highest BCUT2D eigenvalue weighted by Crippen LogP contribution is 2.33. The number of nitrogens with one attached hydrogen (secondary N) is 1. The van der Waals surface area contributed by atoms with Crippen molar-refractivity contribution in [3.63, 3.8) is 0 Å². The largest absolute Gasteiger partial charge is 0.497 e. The van der Waals surface area contributed by atoms with Crippen molar-refractivity contribution in [3.8, 4) is 22.6 Å². The van der Waals surface area contributed by atoms with E-state index in [9.17, 15) is 0 Å². The van der Waals surface area contributed by atoms with Crippen molar-refractivity contribution in [1.29, 1.82) is 0 Å². The van der Waals surface area contributed by atoms with Crippen LogP contribution in [0.15, 0.2) is 18.2 Å². The number of ether oxygens (including phenoxy) is 3. The number of rotatable bonds is 5. The first kappa shape index (κ1) is 13.4. The standard InChI is InChI=1S/C14H18N2O3/c1-9-14(13(8-17-2)16-15-9)10-5-11(18-3)7-12(6-10)19-4/h5-7H,8H2,1-4H3,(H,15,16). The number of aromatic nitrogens is 2. The second kappa shape index (κ2) is 5.75. The molecule has 0 saturated heterocycles. The lowest BCUT2D eigenvalue weighted by Crippen LogP contribution is -1.93. The number of benzene rings is 1. The molecule has 1 aromatic carbocycles. The Balaban J connectivity index is 2.54. The van der Waals surface area contributed by atoms with Crippen LogP contribution in [0.3, 0.4) is 0 Å². The van der Waals surface area contributed by atoms with Crippen molar-refractivity contribution >= 4 is 0 Å². The first-order valence-corrected chi connectivity index (χ1v) is 5.95. The third-order valence-corrected chi connectivity index (χ3v) is 2.94. The van der Waals surface area contributed by atoms with Crippen molar-refractivity contribution in [2.45, 2.75) is 13.5 Å². The predicted molar refractivity (Wildman–Crippen MR) is 72.6 cm³/mol. The summed E-state index contributed by atoms with van der Waals surface area (Å²) in [5, 5.41) is 7.25. The minimum absolute atomic E-state index is 0.458. The lowest BCUT2D eigenvalue weighted by molar-refractivity contribution is 0.182. The Hall–Kier alpha value is -2.01. The van der Waals surface area contributed by atoms with Gasteiger partial charge in [-0.3, -0.25) is 5.10 Å². The van der Waals surface area contributed by atoms with Crippen LogP contribution >= 0.6 is 0 Å². The molecule has 102 valence electrons. The predicted octanol–water partition coefficient (Wildman–Crippen LogP) is 2.55. The molecule has 5 heteroatoms. The first-order chi connectivity index (χ1) is 9.19. The van der Waals surface area contributed by atoms with Crippen LogP contribution in [0.25, 0.3) is 11.1 Å². The number of aromatic amines is 1. The van der Waals surface area contributed by atoms with E-state index in [1.807, 2.05) is 25.1 Å². The fraction of sp³-hybridized carbons (Fsp3) is 0.357. The number of nitrogens with zero attached hydrogens (tertiary/aromatic N) is 1. The minimum Gasteiger partial charge on any atom is -0.497 e. The van der Waals surface area contributed by atoms with Crippen LogP contribution in [-0.2, 0) is 11.3 Å². The summed E-state index contributed by atoms with van der Waals surface area (Å²) in [5.41, 5.74) is 3.88. The lowest BCUT2D eigenvalue weighted by atomic mass is 10.0. The highest BCUT2D eigenvalue weighted by molar-refractivity contribution is 5.71. The summed E-state index contributed by atoms with van der Waals surface area (Å²) in [6.45, 7) is 2.44. The van der Waals surface area contributed by atoms with Gasteiger partial charge in [0.15, 0.2) is 0 Å². The van der Waals surface area contributed by atoms with Gasteiger partial charge in [-0.05, 0) is 24.6 Å². The molecule has 0 saturated carbocycles. The summed E-state index contributed by atoms with van der Waals surface area (Å²) >= 11 is 0. The Bertz CT molecular complexity index is 542. The second-order valence-electron chi connectivity index (χ2n) is 4.20. The monoisotopic (exact) mass is 262 g/mol. The van der Waals surface area contributed by atoms with Crippen LogP contribution in [0.4, 0.5) is 0 Å². The molecule has 1 aromatic heterocycles. The van der Waals surface area contributed by atoms with Gasteiger partial charge in [-0.15, -0.1) is 0 Å². The Labute approximate surface area is 112 Å².